The van der Waals surface area contributed by atoms with Crippen molar-refractivity contribution < 1.29 is 14.6 Å². The van der Waals surface area contributed by atoms with Gasteiger partial charge in [-0.1, -0.05) is 0 Å². The van der Waals surface area contributed by atoms with Gasteiger partial charge in [0, 0.05) is 18.2 Å². The fraction of sp³-hybridized carbons (Fsp3) is 0.632. The average molecular weight is 332 g/mol. The first-order valence-corrected chi connectivity index (χ1v) is 8.94. The minimum atomic E-state index is -0.419. The first-order chi connectivity index (χ1) is 11.5. The lowest BCUT2D eigenvalue weighted by Crippen LogP contribution is -2.32. The fourth-order valence-electron chi connectivity index (χ4n) is 4.31. The third-order valence-corrected chi connectivity index (χ3v) is 5.65. The summed E-state index contributed by atoms with van der Waals surface area (Å²) in [5.41, 5.74) is 5.72. The van der Waals surface area contributed by atoms with Crippen LogP contribution in [0.15, 0.2) is 24.3 Å². The molecule has 5 heteroatoms. The minimum Gasteiger partial charge on any atom is -0.494 e. The van der Waals surface area contributed by atoms with Crippen LogP contribution in [0.2, 0.25) is 0 Å². The Morgan fingerprint density at radius 1 is 1.21 bits per heavy atom. The highest BCUT2D eigenvalue weighted by Crippen LogP contribution is 2.45. The Bertz CT molecular complexity index is 546. The first-order valence-electron chi connectivity index (χ1n) is 8.94. The highest BCUT2D eigenvalue weighted by atomic mass is 16.5. The number of nitrogens with zero attached hydrogens (tertiary/aromatic N) is 1. The number of hydrogen-bond donors (Lipinski definition) is 2. The molecule has 0 aliphatic heterocycles. The topological polar surface area (TPSA) is 75.8 Å². The molecule has 0 radical (unpaired) electrons. The van der Waals surface area contributed by atoms with Crippen LogP contribution in [-0.2, 0) is 0 Å². The molecule has 2 aliphatic carbocycles. The smallest absolute Gasteiger partial charge is 0.248 e. The van der Waals surface area contributed by atoms with Gasteiger partial charge in [-0.15, -0.1) is 0 Å². The lowest BCUT2D eigenvalue weighted by atomic mass is 10.0. The molecule has 0 saturated heterocycles. The second-order valence-corrected chi connectivity index (χ2v) is 7.34. The third-order valence-electron chi connectivity index (χ3n) is 5.65. The summed E-state index contributed by atoms with van der Waals surface area (Å²) >= 11 is 0. The Morgan fingerprint density at radius 2 is 1.83 bits per heavy atom. The van der Waals surface area contributed by atoms with E-state index >= 15 is 0 Å². The van der Waals surface area contributed by atoms with Gasteiger partial charge < -0.3 is 20.5 Å². The summed E-state index contributed by atoms with van der Waals surface area (Å²) in [6.45, 7) is 1.69. The molecule has 0 aromatic heterocycles. The van der Waals surface area contributed by atoms with Gasteiger partial charge in [0.25, 0.3) is 0 Å². The number of ether oxygens (including phenoxy) is 1. The van der Waals surface area contributed by atoms with E-state index in [-0.39, 0.29) is 6.10 Å². The SMILES string of the molecule is CN(CCCOc1ccc(C(N)=O)cc1)C1C[C@H]2CC(O)C[C@H]2C1. The molecule has 132 valence electrons. The molecule has 0 spiro atoms. The Balaban J connectivity index is 1.35. The lowest BCUT2D eigenvalue weighted by Gasteiger charge is -2.25. The number of fused-ring (bicyclic) bond motifs is 1. The number of nitrogens with two attached hydrogens (primary N) is 1. The highest BCUT2D eigenvalue weighted by molar-refractivity contribution is 5.92. The van der Waals surface area contributed by atoms with Crippen LogP contribution in [0, 0.1) is 11.8 Å². The van der Waals surface area contributed by atoms with E-state index in [1.54, 1.807) is 24.3 Å². The second kappa shape index (κ2) is 7.53. The van der Waals surface area contributed by atoms with Crippen LogP contribution in [-0.4, -0.2) is 48.3 Å². The predicted molar refractivity (Wildman–Crippen MR) is 92.9 cm³/mol. The summed E-state index contributed by atoms with van der Waals surface area (Å²) in [4.78, 5) is 13.5. The van der Waals surface area contributed by atoms with E-state index in [2.05, 4.69) is 11.9 Å². The van der Waals surface area contributed by atoms with Crippen molar-refractivity contribution in [2.24, 2.45) is 17.6 Å². The van der Waals surface area contributed by atoms with Crippen molar-refractivity contribution in [3.63, 3.8) is 0 Å². The molecule has 24 heavy (non-hydrogen) atoms. The number of aliphatic hydroxyl groups excluding tert-OH is 1. The number of carbonyl (C=O) groups is 1. The van der Waals surface area contributed by atoms with Crippen LogP contribution in [0.4, 0.5) is 0 Å². The first kappa shape index (κ1) is 17.2. The van der Waals surface area contributed by atoms with Gasteiger partial charge in [-0.25, -0.2) is 0 Å². The zero-order valence-electron chi connectivity index (χ0n) is 14.4. The van der Waals surface area contributed by atoms with E-state index in [0.717, 1.165) is 43.4 Å². The summed E-state index contributed by atoms with van der Waals surface area (Å²) < 4.78 is 5.73. The zero-order chi connectivity index (χ0) is 17.1. The molecule has 0 heterocycles. The van der Waals surface area contributed by atoms with Crippen molar-refractivity contribution in [1.29, 1.82) is 0 Å². The standard InChI is InChI=1S/C19H28N2O3/c1-21(16-9-14-11-17(22)12-15(14)10-16)7-2-8-24-18-5-3-13(4-6-18)19(20)23/h3-6,14-17,22H,2,7-12H2,1H3,(H2,20,23)/t14-,15+,16?,17?. The molecule has 3 N–H and O–H groups in total. The molecule has 3 rings (SSSR count). The molecular formula is C19H28N2O3. The Hall–Kier alpha value is -1.59. The van der Waals surface area contributed by atoms with Gasteiger partial charge in [0.05, 0.1) is 12.7 Å². The number of primary amides is 1. The second-order valence-electron chi connectivity index (χ2n) is 7.34. The van der Waals surface area contributed by atoms with E-state index in [9.17, 15) is 9.90 Å². The normalized spacial score (nSPS) is 29.0. The van der Waals surface area contributed by atoms with Crippen LogP contribution >= 0.6 is 0 Å². The van der Waals surface area contributed by atoms with Crippen LogP contribution in [0.5, 0.6) is 5.75 Å². The number of benzene rings is 1. The van der Waals surface area contributed by atoms with Crippen LogP contribution in [0.25, 0.3) is 0 Å². The largest absolute Gasteiger partial charge is 0.494 e. The number of aliphatic hydroxyl groups is 1. The van der Waals surface area contributed by atoms with Gasteiger partial charge in [0.15, 0.2) is 0 Å². The van der Waals surface area contributed by atoms with Gasteiger partial charge in [-0.3, -0.25) is 4.79 Å². The van der Waals surface area contributed by atoms with E-state index in [0.29, 0.717) is 18.2 Å². The maximum Gasteiger partial charge on any atom is 0.248 e. The third kappa shape index (κ3) is 4.08. The zero-order valence-corrected chi connectivity index (χ0v) is 14.4. The van der Waals surface area contributed by atoms with E-state index < -0.39 is 5.91 Å². The Labute approximate surface area is 143 Å². The van der Waals surface area contributed by atoms with Crippen molar-refractivity contribution in [2.75, 3.05) is 20.2 Å². The molecule has 1 aromatic rings. The molecule has 4 atom stereocenters. The average Bonchev–Trinajstić information content (AvgIpc) is 3.09. The molecular weight excluding hydrogens is 304 g/mol. The van der Waals surface area contributed by atoms with Crippen molar-refractivity contribution in [1.82, 2.24) is 4.90 Å². The molecule has 5 nitrogen and oxygen atoms in total. The van der Waals surface area contributed by atoms with E-state index in [1.165, 1.54) is 12.8 Å². The lowest BCUT2D eigenvalue weighted by molar-refractivity contribution is 0.1000. The van der Waals surface area contributed by atoms with Crippen molar-refractivity contribution >= 4 is 5.91 Å². The van der Waals surface area contributed by atoms with Crippen LogP contribution in [0.1, 0.15) is 42.5 Å². The maximum atomic E-state index is 11.0. The van der Waals surface area contributed by atoms with Crippen molar-refractivity contribution in [2.45, 2.75) is 44.2 Å². The van der Waals surface area contributed by atoms with Gasteiger partial charge in [-0.05, 0) is 75.3 Å². The predicted octanol–water partition coefficient (Wildman–Crippen LogP) is 2.04. The molecule has 1 amide bonds. The molecule has 2 saturated carbocycles. The van der Waals surface area contributed by atoms with Gasteiger partial charge in [0.1, 0.15) is 5.75 Å². The van der Waals surface area contributed by atoms with Gasteiger partial charge >= 0.3 is 0 Å². The Morgan fingerprint density at radius 3 is 2.42 bits per heavy atom. The highest BCUT2D eigenvalue weighted by Gasteiger charge is 2.41. The number of carbonyl (C=O) groups excluding carboxylic acids is 1. The summed E-state index contributed by atoms with van der Waals surface area (Å²) in [7, 11) is 2.20. The van der Waals surface area contributed by atoms with Crippen molar-refractivity contribution in [3.05, 3.63) is 29.8 Å². The summed E-state index contributed by atoms with van der Waals surface area (Å²) in [5.74, 6) is 1.81. The van der Waals surface area contributed by atoms with Gasteiger partial charge in [0.2, 0.25) is 5.91 Å². The minimum absolute atomic E-state index is 0.0550. The number of hydrogen-bond acceptors (Lipinski definition) is 4. The monoisotopic (exact) mass is 332 g/mol. The Kier molecular flexibility index (Phi) is 5.41. The molecule has 2 unspecified atom stereocenters. The number of rotatable bonds is 7. The van der Waals surface area contributed by atoms with Crippen LogP contribution < -0.4 is 10.5 Å². The quantitative estimate of drug-likeness (QED) is 0.749. The molecule has 1 aromatic carbocycles. The molecule has 2 aliphatic rings. The maximum absolute atomic E-state index is 11.0. The summed E-state index contributed by atoms with van der Waals surface area (Å²) in [6, 6.07) is 7.60. The van der Waals surface area contributed by atoms with E-state index in [4.69, 9.17) is 10.5 Å². The van der Waals surface area contributed by atoms with E-state index in [1.807, 2.05) is 0 Å². The fourth-order valence-corrected chi connectivity index (χ4v) is 4.31. The number of amides is 1. The molecule has 0 bridgehead atoms. The molecule has 2 fully saturated rings. The van der Waals surface area contributed by atoms with Gasteiger partial charge in [-0.2, -0.15) is 0 Å². The van der Waals surface area contributed by atoms with Crippen LogP contribution in [0.3, 0.4) is 0 Å². The summed E-state index contributed by atoms with van der Waals surface area (Å²) in [5, 5.41) is 9.73. The van der Waals surface area contributed by atoms with Crippen molar-refractivity contribution in [3.8, 4) is 5.75 Å². The summed E-state index contributed by atoms with van der Waals surface area (Å²) in [6.07, 6.45) is 5.38.